The molecule has 0 bridgehead atoms. The lowest BCUT2D eigenvalue weighted by Gasteiger charge is -2.46. The first-order valence-corrected chi connectivity index (χ1v) is 15.9. The molecule has 4 rings (SSSR count). The summed E-state index contributed by atoms with van der Waals surface area (Å²) in [5.74, 6) is 2.06. The van der Waals surface area contributed by atoms with Crippen LogP contribution in [0.2, 0.25) is 5.82 Å². The molecular weight excluding hydrogens is 522 g/mol. The van der Waals surface area contributed by atoms with E-state index < -0.39 is 44.3 Å². The van der Waals surface area contributed by atoms with Gasteiger partial charge in [-0.2, -0.15) is 0 Å². The van der Waals surface area contributed by atoms with E-state index in [0.717, 1.165) is 38.5 Å². The number of rotatable bonds is 11. The molecule has 19 heteroatoms. The molecule has 0 heterocycles. The minimum absolute atomic E-state index is 0.155. The molecule has 0 saturated heterocycles. The lowest BCUT2D eigenvalue weighted by molar-refractivity contribution is 0.0736. The first-order chi connectivity index (χ1) is 20.9. The zero-order valence-electron chi connectivity index (χ0n) is 25.6. The zero-order chi connectivity index (χ0) is 32.1. The van der Waals surface area contributed by atoms with Crippen LogP contribution in [0, 0.1) is 11.8 Å². The fourth-order valence-corrected chi connectivity index (χ4v) is 8.09. The van der Waals surface area contributed by atoms with Gasteiger partial charge in [-0.15, -0.1) is 0 Å². The van der Waals surface area contributed by atoms with E-state index >= 15 is 0 Å². The van der Waals surface area contributed by atoms with Crippen molar-refractivity contribution < 1.29 is 9.53 Å². The fraction of sp³-hybridized carbons (Fsp3) is 0.480. The lowest BCUT2D eigenvalue weighted by Crippen LogP contribution is -2.75. The van der Waals surface area contributed by atoms with Crippen LogP contribution in [-0.4, -0.2) is 113 Å². The molecule has 16 radical (unpaired) electrons. The summed E-state index contributed by atoms with van der Waals surface area (Å²) in [6, 6.07) is 12.6. The van der Waals surface area contributed by atoms with Crippen molar-refractivity contribution in [3.63, 3.8) is 0 Å². The molecule has 2 fully saturated rings. The minimum atomic E-state index is -0.725. The highest BCUT2D eigenvalue weighted by atomic mass is 16.5. The van der Waals surface area contributed by atoms with Crippen molar-refractivity contribution in [2.24, 2.45) is 11.8 Å². The summed E-state index contributed by atoms with van der Waals surface area (Å²) in [5, 5.41) is 0. The van der Waals surface area contributed by atoms with E-state index in [1.807, 2.05) is 12.1 Å². The summed E-state index contributed by atoms with van der Waals surface area (Å²) in [6.45, 7) is -0.155. The molecule has 44 heavy (non-hydrogen) atoms. The Hall–Kier alpha value is -1.52. The summed E-state index contributed by atoms with van der Waals surface area (Å²) in [7, 11) is 49.4. The topological polar surface area (TPSA) is 78.3 Å². The molecule has 2 aliphatic carbocycles. The molecular formula is C25H31B15N2O2. The van der Waals surface area contributed by atoms with Gasteiger partial charge in [-0.25, -0.2) is 4.79 Å². The summed E-state index contributed by atoms with van der Waals surface area (Å²) >= 11 is 0. The van der Waals surface area contributed by atoms with Crippen LogP contribution in [0.1, 0.15) is 73.2 Å². The third-order valence-electron chi connectivity index (χ3n) is 10.3. The number of nitrogen functional groups attached to an aromatic ring is 2. The van der Waals surface area contributed by atoms with E-state index in [2.05, 4.69) is 12.1 Å². The molecule has 4 N–H and O–H groups in total. The Labute approximate surface area is 278 Å². The third kappa shape index (κ3) is 8.64. The smallest absolute Gasteiger partial charge is 0.345 e. The largest absolute Gasteiger partial charge is 0.423 e. The van der Waals surface area contributed by atoms with E-state index in [4.69, 9.17) is 78.1 Å². The molecule has 0 aromatic heterocycles. The van der Waals surface area contributed by atoms with Gasteiger partial charge in [0, 0.05) is 118 Å². The predicted molar refractivity (Wildman–Crippen MR) is 203 cm³/mol. The van der Waals surface area contributed by atoms with Crippen LogP contribution in [0.4, 0.5) is 11.4 Å². The van der Waals surface area contributed by atoms with Crippen LogP contribution in [0.25, 0.3) is 0 Å². The van der Waals surface area contributed by atoms with Gasteiger partial charge in [-0.1, -0.05) is 43.6 Å². The highest BCUT2D eigenvalue weighted by molar-refractivity contribution is 8.08. The van der Waals surface area contributed by atoms with Gasteiger partial charge < -0.3 is 16.2 Å². The van der Waals surface area contributed by atoms with Gasteiger partial charge in [0.1, 0.15) is 5.75 Å². The molecule has 4 nitrogen and oxygen atoms in total. The number of hydrogen-bond acceptors (Lipinski definition) is 4. The molecule has 0 amide bonds. The van der Waals surface area contributed by atoms with Crippen molar-refractivity contribution in [3.8, 4) is 5.75 Å². The monoisotopic (exact) mass is 556 g/mol. The van der Waals surface area contributed by atoms with Gasteiger partial charge >= 0.3 is 5.97 Å². The first kappa shape index (κ1) is 35.3. The quantitative estimate of drug-likeness (QED) is 0.180. The summed E-state index contributed by atoms with van der Waals surface area (Å²) in [4.78, 5) is 12.6. The second kappa shape index (κ2) is 15.9. The number of hydrogen-bond donors (Lipinski definition) is 2. The summed E-state index contributed by atoms with van der Waals surface area (Å²) in [6.07, 6.45) is 5.13. The van der Waals surface area contributed by atoms with Crippen molar-refractivity contribution in [1.82, 2.24) is 0 Å². The Bertz CT molecular complexity index is 1190. The van der Waals surface area contributed by atoms with E-state index in [-0.39, 0.29) is 12.3 Å². The van der Waals surface area contributed by atoms with E-state index in [1.165, 1.54) is 18.4 Å². The van der Waals surface area contributed by atoms with Gasteiger partial charge in [-0.05, 0) is 79.3 Å². The van der Waals surface area contributed by atoms with Crippen LogP contribution in [0.5, 0.6) is 5.75 Å². The van der Waals surface area contributed by atoms with Crippen molar-refractivity contribution in [2.45, 2.75) is 63.1 Å². The van der Waals surface area contributed by atoms with Crippen molar-refractivity contribution >= 4 is 124 Å². The van der Waals surface area contributed by atoms with Gasteiger partial charge in [0.2, 0.25) is 0 Å². The van der Waals surface area contributed by atoms with E-state index in [1.54, 1.807) is 18.2 Å². The highest BCUT2D eigenvalue weighted by Gasteiger charge is 2.46. The normalized spacial score (nSPS) is 21.5. The minimum Gasteiger partial charge on any atom is -0.423 e. The maximum Gasteiger partial charge on any atom is 0.345 e. The highest BCUT2D eigenvalue weighted by Crippen LogP contribution is 2.46. The van der Waals surface area contributed by atoms with Crippen molar-refractivity contribution in [1.29, 1.82) is 0 Å². The van der Waals surface area contributed by atoms with Gasteiger partial charge in [0.05, 0.1) is 5.56 Å². The van der Waals surface area contributed by atoms with Crippen LogP contribution in [-0.2, 0) is 0 Å². The molecule has 0 aliphatic heterocycles. The second-order valence-electron chi connectivity index (χ2n) is 13.1. The molecule has 0 spiro atoms. The Morgan fingerprint density at radius 2 is 1.14 bits per heavy atom. The van der Waals surface area contributed by atoms with Crippen LogP contribution in [0.15, 0.2) is 42.5 Å². The Morgan fingerprint density at radius 3 is 1.59 bits per heavy atom. The number of ether oxygens (including phenoxy) is 1. The zero-order valence-corrected chi connectivity index (χ0v) is 25.6. The Kier molecular flexibility index (Phi) is 12.7. The number of esters is 1. The molecule has 0 unspecified atom stereocenters. The average molecular weight is 554 g/mol. The maximum absolute atomic E-state index is 12.6. The molecule has 2 saturated carbocycles. The van der Waals surface area contributed by atoms with E-state index in [0.29, 0.717) is 40.4 Å². The van der Waals surface area contributed by atoms with Gasteiger partial charge in [-0.3, -0.25) is 0 Å². The number of anilines is 2. The SMILES string of the molecule is [B]B([B])B(B([B])[B])B(B(B([B])[B])B([B])[B])C1CCC(C2CCC(c3ccc(OC(=O)c4ccc(N)cc4N)cc3)CC2)CC1. The van der Waals surface area contributed by atoms with Crippen LogP contribution < -0.4 is 16.2 Å². The Morgan fingerprint density at radius 1 is 0.659 bits per heavy atom. The number of carbonyl (C=O) groups is 1. The summed E-state index contributed by atoms with van der Waals surface area (Å²) < 4.78 is 5.55. The molecule has 198 valence electrons. The first-order valence-electron chi connectivity index (χ1n) is 15.9. The number of benzene rings is 2. The summed E-state index contributed by atoms with van der Waals surface area (Å²) in [5.41, 5.74) is 14.0. The standard InChI is InChI=1S/C25H31B15N2O2/c26-35(27)39(36(28)29)34(40(37(30)31)38(32)33)20-9-5-18(6-10-20)16-1-3-17(4-2-16)19-7-12-22(13-8-19)44-25(43)23-14-11-21(41)15-24(23)42/h7-8,11-18,20H,1-6,9-10,41-42H2. The van der Waals surface area contributed by atoms with Crippen LogP contribution in [0.3, 0.4) is 0 Å². The molecule has 0 atom stereocenters. The lowest BCUT2D eigenvalue weighted by atomic mass is 8.47. The van der Waals surface area contributed by atoms with Gasteiger partial charge in [0.15, 0.2) is 0 Å². The molecule has 2 aliphatic rings. The third-order valence-corrected chi connectivity index (χ3v) is 10.3. The molecule has 2 aromatic rings. The fourth-order valence-electron chi connectivity index (χ4n) is 8.09. The average Bonchev–Trinajstić information content (AvgIpc) is 2.96. The predicted octanol–water partition coefficient (Wildman–Crippen LogP) is 0.160. The van der Waals surface area contributed by atoms with Gasteiger partial charge in [0.25, 0.3) is 0 Å². The van der Waals surface area contributed by atoms with E-state index in [9.17, 15) is 4.79 Å². The maximum atomic E-state index is 12.6. The number of nitrogens with two attached hydrogens (primary N) is 2. The number of carbonyl (C=O) groups excluding carboxylic acids is 1. The van der Waals surface area contributed by atoms with Crippen LogP contribution >= 0.6 is 0 Å². The second-order valence-corrected chi connectivity index (χ2v) is 13.1. The Balaban J connectivity index is 1.31. The van der Waals surface area contributed by atoms with Crippen molar-refractivity contribution in [3.05, 3.63) is 53.6 Å². The molecule has 2 aromatic carbocycles. The van der Waals surface area contributed by atoms with Crippen molar-refractivity contribution in [2.75, 3.05) is 11.5 Å².